The summed E-state index contributed by atoms with van der Waals surface area (Å²) >= 11 is 0. The molecule has 0 radical (unpaired) electrons. The van der Waals surface area contributed by atoms with E-state index in [1.165, 1.54) is 7.11 Å². The summed E-state index contributed by atoms with van der Waals surface area (Å²) < 4.78 is 10.3. The first-order valence-electron chi connectivity index (χ1n) is 7.95. The van der Waals surface area contributed by atoms with Crippen LogP contribution in [0.25, 0.3) is 0 Å². The van der Waals surface area contributed by atoms with Crippen LogP contribution in [0.2, 0.25) is 0 Å². The Balaban J connectivity index is 1.85. The molecule has 0 bridgehead atoms. The molecule has 0 spiro atoms. The Morgan fingerprint density at radius 3 is 2.48 bits per heavy atom. The summed E-state index contributed by atoms with van der Waals surface area (Å²) in [4.78, 5) is 25.8. The van der Waals surface area contributed by atoms with E-state index in [0.717, 1.165) is 18.4 Å². The average molecular weight is 320 g/mol. The highest BCUT2D eigenvalue weighted by Gasteiger charge is 2.27. The minimum atomic E-state index is -0.612. The van der Waals surface area contributed by atoms with Gasteiger partial charge in [-0.15, -0.1) is 0 Å². The van der Waals surface area contributed by atoms with Crippen molar-refractivity contribution in [2.75, 3.05) is 26.8 Å². The van der Waals surface area contributed by atoms with Crippen LogP contribution >= 0.6 is 0 Å². The van der Waals surface area contributed by atoms with Gasteiger partial charge in [-0.25, -0.2) is 4.79 Å². The molecule has 0 aliphatic carbocycles. The molecule has 2 rings (SSSR count). The Labute approximate surface area is 136 Å². The number of hydrogen-bond acceptors (Lipinski definition) is 4. The van der Waals surface area contributed by atoms with Crippen molar-refractivity contribution in [3.63, 3.8) is 0 Å². The number of methoxy groups -OCH3 is 1. The predicted octanol–water partition coefficient (Wildman–Crippen LogP) is 2.11. The molecule has 1 fully saturated rings. The maximum absolute atomic E-state index is 12.4. The van der Waals surface area contributed by atoms with Crippen LogP contribution in [0.5, 0.6) is 0 Å². The van der Waals surface area contributed by atoms with Crippen molar-refractivity contribution < 1.29 is 19.1 Å². The predicted molar refractivity (Wildman–Crippen MR) is 86.0 cm³/mol. The first kappa shape index (κ1) is 17.3. The van der Waals surface area contributed by atoms with Crippen molar-refractivity contribution in [3.8, 4) is 0 Å². The quantitative estimate of drug-likeness (QED) is 0.902. The normalized spacial score (nSPS) is 16.7. The highest BCUT2D eigenvalue weighted by atomic mass is 16.6. The second-order valence-corrected chi connectivity index (χ2v) is 5.50. The van der Waals surface area contributed by atoms with E-state index in [1.54, 1.807) is 11.8 Å². The fourth-order valence-corrected chi connectivity index (χ4v) is 2.72. The summed E-state index contributed by atoms with van der Waals surface area (Å²) in [6.07, 6.45) is 0.543. The summed E-state index contributed by atoms with van der Waals surface area (Å²) in [6.45, 7) is 3.35. The molecule has 0 aromatic heterocycles. The first-order valence-corrected chi connectivity index (χ1v) is 7.95. The number of likely N-dealkylation sites (tertiary alicyclic amines) is 1. The van der Waals surface area contributed by atoms with Crippen LogP contribution in [0.1, 0.15) is 31.4 Å². The first-order chi connectivity index (χ1) is 11.2. The largest absolute Gasteiger partial charge is 0.450 e. The monoisotopic (exact) mass is 320 g/mol. The van der Waals surface area contributed by atoms with Gasteiger partial charge in [0.1, 0.15) is 0 Å². The van der Waals surface area contributed by atoms with E-state index in [4.69, 9.17) is 9.47 Å². The molecule has 1 atom stereocenters. The zero-order valence-electron chi connectivity index (χ0n) is 13.7. The molecule has 1 aliphatic heterocycles. The molecular formula is C17H24N2O4. The van der Waals surface area contributed by atoms with E-state index in [1.807, 2.05) is 30.3 Å². The second-order valence-electron chi connectivity index (χ2n) is 5.50. The molecule has 1 aromatic rings. The highest BCUT2D eigenvalue weighted by Crippen LogP contribution is 2.18. The molecule has 1 heterocycles. The van der Waals surface area contributed by atoms with Gasteiger partial charge in [0.05, 0.1) is 6.61 Å². The van der Waals surface area contributed by atoms with Crippen LogP contribution in [-0.2, 0) is 14.3 Å². The molecule has 2 amide bonds. The van der Waals surface area contributed by atoms with Crippen LogP contribution in [0.4, 0.5) is 4.79 Å². The van der Waals surface area contributed by atoms with E-state index < -0.39 is 6.10 Å². The summed E-state index contributed by atoms with van der Waals surface area (Å²) in [7, 11) is 1.53. The molecule has 1 saturated heterocycles. The topological polar surface area (TPSA) is 67.9 Å². The summed E-state index contributed by atoms with van der Waals surface area (Å²) in [5, 5.41) is 3.02. The smallest absolute Gasteiger partial charge is 0.409 e. The lowest BCUT2D eigenvalue weighted by Crippen LogP contribution is -2.47. The Hall–Kier alpha value is -2.08. The van der Waals surface area contributed by atoms with Crippen molar-refractivity contribution in [2.24, 2.45) is 0 Å². The maximum atomic E-state index is 12.4. The van der Waals surface area contributed by atoms with Crippen LogP contribution < -0.4 is 5.32 Å². The van der Waals surface area contributed by atoms with Crippen LogP contribution in [0, 0.1) is 0 Å². The zero-order valence-corrected chi connectivity index (χ0v) is 13.7. The standard InChI is InChI=1S/C17H24N2O4/c1-3-23-17(21)19-11-9-14(10-12-19)18-16(20)15(22-2)13-7-5-4-6-8-13/h4-8,14-15H,3,9-12H2,1-2H3,(H,18,20)/t15-/m0/s1. The number of carbonyl (C=O) groups excluding carboxylic acids is 2. The van der Waals surface area contributed by atoms with Crippen molar-refractivity contribution in [1.29, 1.82) is 0 Å². The third-order valence-corrected chi connectivity index (χ3v) is 3.94. The molecule has 126 valence electrons. The van der Waals surface area contributed by atoms with Crippen LogP contribution in [0.3, 0.4) is 0 Å². The lowest BCUT2D eigenvalue weighted by Gasteiger charge is -2.32. The Bertz CT molecular complexity index is 513. The average Bonchev–Trinajstić information content (AvgIpc) is 2.57. The van der Waals surface area contributed by atoms with Gasteiger partial charge >= 0.3 is 6.09 Å². The zero-order chi connectivity index (χ0) is 16.7. The lowest BCUT2D eigenvalue weighted by atomic mass is 10.0. The number of ether oxygens (including phenoxy) is 2. The minimum absolute atomic E-state index is 0.0505. The van der Waals surface area contributed by atoms with Crippen LogP contribution in [0.15, 0.2) is 30.3 Å². The molecule has 1 aromatic carbocycles. The van der Waals surface area contributed by atoms with Crippen molar-refractivity contribution in [3.05, 3.63) is 35.9 Å². The number of nitrogens with one attached hydrogen (secondary N) is 1. The van der Waals surface area contributed by atoms with E-state index in [9.17, 15) is 9.59 Å². The summed E-state index contributed by atoms with van der Waals surface area (Å²) in [5.74, 6) is -0.145. The Morgan fingerprint density at radius 2 is 1.91 bits per heavy atom. The highest BCUT2D eigenvalue weighted by molar-refractivity contribution is 5.82. The number of benzene rings is 1. The molecule has 6 heteroatoms. The van der Waals surface area contributed by atoms with E-state index in [0.29, 0.717) is 19.7 Å². The number of amides is 2. The lowest BCUT2D eigenvalue weighted by molar-refractivity contribution is -0.132. The molecule has 0 unspecified atom stereocenters. The second kappa shape index (κ2) is 8.53. The van der Waals surface area contributed by atoms with Gasteiger partial charge < -0.3 is 19.7 Å². The van der Waals surface area contributed by atoms with Gasteiger partial charge in [0, 0.05) is 26.2 Å². The fourth-order valence-electron chi connectivity index (χ4n) is 2.72. The number of piperidine rings is 1. The van der Waals surface area contributed by atoms with Crippen LogP contribution in [-0.4, -0.2) is 49.7 Å². The van der Waals surface area contributed by atoms with Gasteiger partial charge in [0.15, 0.2) is 6.10 Å². The van der Waals surface area contributed by atoms with Gasteiger partial charge in [-0.05, 0) is 25.3 Å². The molecule has 23 heavy (non-hydrogen) atoms. The summed E-state index contributed by atoms with van der Waals surface area (Å²) in [5.41, 5.74) is 0.830. The SMILES string of the molecule is CCOC(=O)N1CCC(NC(=O)[C@@H](OC)c2ccccc2)CC1. The summed E-state index contributed by atoms with van der Waals surface area (Å²) in [6, 6.07) is 9.46. The maximum Gasteiger partial charge on any atom is 0.409 e. The van der Waals surface area contributed by atoms with Gasteiger partial charge in [0.25, 0.3) is 5.91 Å². The van der Waals surface area contributed by atoms with E-state index in [-0.39, 0.29) is 18.0 Å². The Kier molecular flexibility index (Phi) is 6.40. The van der Waals surface area contributed by atoms with Crippen molar-refractivity contribution in [2.45, 2.75) is 31.9 Å². The molecule has 1 aliphatic rings. The van der Waals surface area contributed by atoms with E-state index >= 15 is 0 Å². The molecular weight excluding hydrogens is 296 g/mol. The van der Waals surface area contributed by atoms with E-state index in [2.05, 4.69) is 5.32 Å². The third kappa shape index (κ3) is 4.69. The molecule has 0 saturated carbocycles. The Morgan fingerprint density at radius 1 is 1.26 bits per heavy atom. The molecule has 6 nitrogen and oxygen atoms in total. The number of hydrogen-bond donors (Lipinski definition) is 1. The fraction of sp³-hybridized carbons (Fsp3) is 0.529. The number of rotatable bonds is 5. The third-order valence-electron chi connectivity index (χ3n) is 3.94. The van der Waals surface area contributed by atoms with Gasteiger partial charge in [-0.2, -0.15) is 0 Å². The van der Waals surface area contributed by atoms with Crippen molar-refractivity contribution >= 4 is 12.0 Å². The molecule has 1 N–H and O–H groups in total. The van der Waals surface area contributed by atoms with Gasteiger partial charge in [0.2, 0.25) is 0 Å². The minimum Gasteiger partial charge on any atom is -0.450 e. The van der Waals surface area contributed by atoms with Gasteiger partial charge in [-0.3, -0.25) is 4.79 Å². The van der Waals surface area contributed by atoms with Gasteiger partial charge in [-0.1, -0.05) is 30.3 Å². The number of carbonyl (C=O) groups is 2. The van der Waals surface area contributed by atoms with Crippen molar-refractivity contribution in [1.82, 2.24) is 10.2 Å². The number of nitrogens with zero attached hydrogens (tertiary/aromatic N) is 1.